The first kappa shape index (κ1) is 15.5. The van der Waals surface area contributed by atoms with Crippen LogP contribution in [0, 0.1) is 11.3 Å². The number of hydrogen-bond donors (Lipinski definition) is 2. The van der Waals surface area contributed by atoms with Gasteiger partial charge in [0.15, 0.2) is 0 Å². The summed E-state index contributed by atoms with van der Waals surface area (Å²) in [5.41, 5.74) is -0.136. The quantitative estimate of drug-likeness (QED) is 0.699. The van der Waals surface area contributed by atoms with Crippen molar-refractivity contribution in [3.8, 4) is 0 Å². The molecule has 0 radical (unpaired) electrons. The van der Waals surface area contributed by atoms with E-state index in [1.54, 1.807) is 0 Å². The van der Waals surface area contributed by atoms with Crippen molar-refractivity contribution < 1.29 is 4.79 Å². The molecular weight excluding hydrogens is 224 g/mol. The lowest BCUT2D eigenvalue weighted by atomic mass is 9.83. The van der Waals surface area contributed by atoms with E-state index in [4.69, 9.17) is 0 Å². The minimum atomic E-state index is -0.136. The minimum absolute atomic E-state index is 0.136. The SMILES string of the molecule is CCCCC(CC)CNC(=O)C1(CC)CCNC1. The van der Waals surface area contributed by atoms with Crippen molar-refractivity contribution >= 4 is 5.91 Å². The van der Waals surface area contributed by atoms with Crippen molar-refractivity contribution in [3.63, 3.8) is 0 Å². The van der Waals surface area contributed by atoms with Crippen molar-refractivity contribution in [1.82, 2.24) is 10.6 Å². The van der Waals surface area contributed by atoms with Crippen LogP contribution >= 0.6 is 0 Å². The molecule has 0 aromatic rings. The first-order valence-electron chi connectivity index (χ1n) is 7.67. The van der Waals surface area contributed by atoms with Gasteiger partial charge >= 0.3 is 0 Å². The Kier molecular flexibility index (Phi) is 6.69. The molecule has 0 aromatic carbocycles. The van der Waals surface area contributed by atoms with E-state index in [1.807, 2.05) is 0 Å². The van der Waals surface area contributed by atoms with E-state index in [-0.39, 0.29) is 11.3 Å². The molecule has 0 saturated carbocycles. The van der Waals surface area contributed by atoms with E-state index in [0.717, 1.165) is 38.9 Å². The topological polar surface area (TPSA) is 41.1 Å². The monoisotopic (exact) mass is 254 g/mol. The normalized spacial score (nSPS) is 25.1. The maximum atomic E-state index is 12.3. The van der Waals surface area contributed by atoms with Crippen LogP contribution in [0.3, 0.4) is 0 Å². The van der Waals surface area contributed by atoms with E-state index in [9.17, 15) is 4.79 Å². The third-order valence-corrected chi connectivity index (χ3v) is 4.50. The average molecular weight is 254 g/mol. The van der Waals surface area contributed by atoms with Gasteiger partial charge < -0.3 is 10.6 Å². The summed E-state index contributed by atoms with van der Waals surface area (Å²) in [4.78, 5) is 12.3. The van der Waals surface area contributed by atoms with Gasteiger partial charge in [0.25, 0.3) is 0 Å². The summed E-state index contributed by atoms with van der Waals surface area (Å²) in [6.45, 7) is 9.26. The molecule has 1 amide bonds. The van der Waals surface area contributed by atoms with E-state index < -0.39 is 0 Å². The molecule has 1 aliphatic rings. The molecule has 2 N–H and O–H groups in total. The predicted molar refractivity (Wildman–Crippen MR) is 76.5 cm³/mol. The summed E-state index contributed by atoms with van der Waals surface area (Å²) in [7, 11) is 0. The molecule has 2 atom stereocenters. The Morgan fingerprint density at radius 1 is 1.39 bits per heavy atom. The molecule has 18 heavy (non-hydrogen) atoms. The van der Waals surface area contributed by atoms with Crippen LogP contribution in [0.25, 0.3) is 0 Å². The van der Waals surface area contributed by atoms with Gasteiger partial charge in [0.2, 0.25) is 5.91 Å². The van der Waals surface area contributed by atoms with Crippen LogP contribution < -0.4 is 10.6 Å². The van der Waals surface area contributed by atoms with Gasteiger partial charge in [0.1, 0.15) is 0 Å². The first-order chi connectivity index (χ1) is 8.68. The highest BCUT2D eigenvalue weighted by molar-refractivity contribution is 5.83. The fourth-order valence-corrected chi connectivity index (χ4v) is 2.77. The average Bonchev–Trinajstić information content (AvgIpc) is 2.88. The van der Waals surface area contributed by atoms with Gasteiger partial charge in [-0.3, -0.25) is 4.79 Å². The predicted octanol–water partition coefficient (Wildman–Crippen LogP) is 2.71. The Morgan fingerprint density at radius 3 is 2.67 bits per heavy atom. The molecule has 0 aliphatic carbocycles. The van der Waals surface area contributed by atoms with Crippen molar-refractivity contribution in [2.75, 3.05) is 19.6 Å². The van der Waals surface area contributed by atoms with Crippen LogP contribution in [-0.4, -0.2) is 25.5 Å². The van der Waals surface area contributed by atoms with Gasteiger partial charge in [-0.15, -0.1) is 0 Å². The van der Waals surface area contributed by atoms with Crippen LogP contribution in [0.4, 0.5) is 0 Å². The van der Waals surface area contributed by atoms with Crippen LogP contribution in [0.1, 0.15) is 59.3 Å². The second-order valence-corrected chi connectivity index (χ2v) is 5.69. The molecule has 0 bridgehead atoms. The van der Waals surface area contributed by atoms with E-state index in [2.05, 4.69) is 31.4 Å². The number of rotatable bonds is 8. The number of hydrogen-bond acceptors (Lipinski definition) is 2. The number of amides is 1. The number of carbonyl (C=O) groups is 1. The Morgan fingerprint density at radius 2 is 2.17 bits per heavy atom. The third-order valence-electron chi connectivity index (χ3n) is 4.50. The Balaban J connectivity index is 2.38. The zero-order valence-electron chi connectivity index (χ0n) is 12.3. The summed E-state index contributed by atoms with van der Waals surface area (Å²) >= 11 is 0. The highest BCUT2D eigenvalue weighted by Crippen LogP contribution is 2.29. The van der Waals surface area contributed by atoms with E-state index >= 15 is 0 Å². The lowest BCUT2D eigenvalue weighted by Crippen LogP contribution is -2.43. The number of carbonyl (C=O) groups excluding carboxylic acids is 1. The van der Waals surface area contributed by atoms with Gasteiger partial charge in [-0.2, -0.15) is 0 Å². The molecule has 1 fully saturated rings. The maximum Gasteiger partial charge on any atom is 0.227 e. The van der Waals surface area contributed by atoms with Gasteiger partial charge in [-0.05, 0) is 31.7 Å². The van der Waals surface area contributed by atoms with E-state index in [1.165, 1.54) is 19.3 Å². The highest BCUT2D eigenvalue weighted by Gasteiger charge is 2.39. The number of nitrogens with one attached hydrogen (secondary N) is 2. The second-order valence-electron chi connectivity index (χ2n) is 5.69. The second kappa shape index (κ2) is 7.78. The smallest absolute Gasteiger partial charge is 0.227 e. The third kappa shape index (κ3) is 3.98. The van der Waals surface area contributed by atoms with Gasteiger partial charge in [-0.1, -0.05) is 40.0 Å². The van der Waals surface area contributed by atoms with E-state index in [0.29, 0.717) is 5.92 Å². The molecule has 1 heterocycles. The summed E-state index contributed by atoms with van der Waals surface area (Å²) in [6, 6.07) is 0. The largest absolute Gasteiger partial charge is 0.355 e. The maximum absolute atomic E-state index is 12.3. The lowest BCUT2D eigenvalue weighted by Gasteiger charge is -2.26. The molecule has 3 heteroatoms. The molecule has 106 valence electrons. The molecular formula is C15H30N2O. The Bertz CT molecular complexity index is 247. The first-order valence-corrected chi connectivity index (χ1v) is 7.67. The highest BCUT2D eigenvalue weighted by atomic mass is 16.2. The van der Waals surface area contributed by atoms with Crippen molar-refractivity contribution in [1.29, 1.82) is 0 Å². The Labute approximate surface area is 112 Å². The fraction of sp³-hybridized carbons (Fsp3) is 0.933. The summed E-state index contributed by atoms with van der Waals surface area (Å²) in [5, 5.41) is 6.52. The summed E-state index contributed by atoms with van der Waals surface area (Å²) in [5.74, 6) is 0.919. The molecule has 0 aromatic heterocycles. The molecule has 2 unspecified atom stereocenters. The molecule has 1 aliphatic heterocycles. The molecule has 1 saturated heterocycles. The van der Waals surface area contributed by atoms with Gasteiger partial charge in [-0.25, -0.2) is 0 Å². The minimum Gasteiger partial charge on any atom is -0.355 e. The van der Waals surface area contributed by atoms with Crippen LogP contribution in [0.15, 0.2) is 0 Å². The summed E-state index contributed by atoms with van der Waals surface area (Å²) < 4.78 is 0. The summed E-state index contributed by atoms with van der Waals surface area (Å²) in [6.07, 6.45) is 6.85. The van der Waals surface area contributed by atoms with Crippen LogP contribution in [0.2, 0.25) is 0 Å². The van der Waals surface area contributed by atoms with Gasteiger partial charge in [0.05, 0.1) is 5.41 Å². The molecule has 1 rings (SSSR count). The molecule has 3 nitrogen and oxygen atoms in total. The van der Waals surface area contributed by atoms with Crippen molar-refractivity contribution in [2.24, 2.45) is 11.3 Å². The zero-order chi connectivity index (χ0) is 13.4. The van der Waals surface area contributed by atoms with Crippen LogP contribution in [-0.2, 0) is 4.79 Å². The Hall–Kier alpha value is -0.570. The van der Waals surface area contributed by atoms with Gasteiger partial charge in [0, 0.05) is 13.1 Å². The van der Waals surface area contributed by atoms with Crippen molar-refractivity contribution in [3.05, 3.63) is 0 Å². The molecule has 0 spiro atoms. The van der Waals surface area contributed by atoms with Crippen LogP contribution in [0.5, 0.6) is 0 Å². The lowest BCUT2D eigenvalue weighted by molar-refractivity contribution is -0.130. The zero-order valence-corrected chi connectivity index (χ0v) is 12.3. The standard InChI is InChI=1S/C15H30N2O/c1-4-7-8-13(5-2)11-17-14(18)15(6-3)9-10-16-12-15/h13,16H,4-12H2,1-3H3,(H,17,18). The van der Waals surface area contributed by atoms with Crippen molar-refractivity contribution in [2.45, 2.75) is 59.3 Å². The fourth-order valence-electron chi connectivity index (χ4n) is 2.77. The number of unbranched alkanes of at least 4 members (excludes halogenated alkanes) is 1.